The average molecular weight is 281 g/mol. The zero-order chi connectivity index (χ0) is 14.3. The zero-order valence-corrected chi connectivity index (χ0v) is 11.2. The van der Waals surface area contributed by atoms with Crippen molar-refractivity contribution < 1.29 is 15.0 Å². The van der Waals surface area contributed by atoms with Crippen molar-refractivity contribution in [3.63, 3.8) is 0 Å². The number of rotatable bonds is 6. The van der Waals surface area contributed by atoms with E-state index >= 15 is 0 Å². The molecule has 2 N–H and O–H groups in total. The standard InChI is InChI=1S/C12H15N3O3S/c1-8(16)19-6-5-11(17)12(18)9-3-2-4-10(7-9)14-15-13/h2-4,7,11-12,17-18H,5-6H2,1H3. The van der Waals surface area contributed by atoms with Crippen LogP contribution < -0.4 is 0 Å². The van der Waals surface area contributed by atoms with Crippen LogP contribution in [0.15, 0.2) is 29.4 Å². The maximum absolute atomic E-state index is 10.8. The molecule has 7 heteroatoms. The van der Waals surface area contributed by atoms with Crippen LogP contribution in [0.1, 0.15) is 25.0 Å². The van der Waals surface area contributed by atoms with Crippen LogP contribution in [0.5, 0.6) is 0 Å². The van der Waals surface area contributed by atoms with Crippen molar-refractivity contribution in [2.75, 3.05) is 5.75 Å². The maximum atomic E-state index is 10.8. The molecule has 2 atom stereocenters. The van der Waals surface area contributed by atoms with E-state index in [1.165, 1.54) is 13.0 Å². The highest BCUT2D eigenvalue weighted by Gasteiger charge is 2.18. The molecule has 0 radical (unpaired) electrons. The van der Waals surface area contributed by atoms with Crippen LogP contribution in [0.4, 0.5) is 5.69 Å². The minimum atomic E-state index is -1.07. The number of carbonyl (C=O) groups excluding carboxylic acids is 1. The van der Waals surface area contributed by atoms with Crippen molar-refractivity contribution in [1.29, 1.82) is 0 Å². The molecule has 0 aliphatic rings. The highest BCUT2D eigenvalue weighted by Crippen LogP contribution is 2.24. The van der Waals surface area contributed by atoms with Gasteiger partial charge in [-0.05, 0) is 23.6 Å². The summed E-state index contributed by atoms with van der Waals surface area (Å²) in [6.07, 6.45) is -1.73. The average Bonchev–Trinajstić information content (AvgIpc) is 2.38. The summed E-state index contributed by atoms with van der Waals surface area (Å²) in [6, 6.07) is 6.40. The Labute approximate surface area is 115 Å². The summed E-state index contributed by atoms with van der Waals surface area (Å²) in [5.74, 6) is 0.448. The molecule has 19 heavy (non-hydrogen) atoms. The first-order valence-corrected chi connectivity index (χ1v) is 6.67. The molecule has 0 saturated heterocycles. The minimum absolute atomic E-state index is 0.0213. The highest BCUT2D eigenvalue weighted by molar-refractivity contribution is 8.13. The van der Waals surface area contributed by atoms with Gasteiger partial charge in [-0.1, -0.05) is 35.1 Å². The molecule has 1 aromatic carbocycles. The van der Waals surface area contributed by atoms with Crippen LogP contribution in [0.2, 0.25) is 0 Å². The lowest BCUT2D eigenvalue weighted by Gasteiger charge is -2.18. The first-order valence-electron chi connectivity index (χ1n) is 5.69. The van der Waals surface area contributed by atoms with Gasteiger partial charge in [-0.3, -0.25) is 4.79 Å². The van der Waals surface area contributed by atoms with Gasteiger partial charge < -0.3 is 10.2 Å². The van der Waals surface area contributed by atoms with E-state index in [1.807, 2.05) is 0 Å². The number of thioether (sulfide) groups is 1. The molecule has 6 nitrogen and oxygen atoms in total. The maximum Gasteiger partial charge on any atom is 0.185 e. The molecular weight excluding hydrogens is 266 g/mol. The summed E-state index contributed by atoms with van der Waals surface area (Å²) in [4.78, 5) is 13.4. The number of hydrogen-bond acceptors (Lipinski definition) is 5. The van der Waals surface area contributed by atoms with Crippen molar-refractivity contribution in [3.8, 4) is 0 Å². The lowest BCUT2D eigenvalue weighted by atomic mass is 10.0. The van der Waals surface area contributed by atoms with Gasteiger partial charge in [-0.25, -0.2) is 0 Å². The number of azide groups is 1. The van der Waals surface area contributed by atoms with E-state index in [-0.39, 0.29) is 5.12 Å². The number of carbonyl (C=O) groups is 1. The van der Waals surface area contributed by atoms with Crippen LogP contribution in [-0.2, 0) is 4.79 Å². The molecule has 0 fully saturated rings. The summed E-state index contributed by atoms with van der Waals surface area (Å²) in [5.41, 5.74) is 9.19. The zero-order valence-electron chi connectivity index (χ0n) is 10.4. The lowest BCUT2D eigenvalue weighted by Crippen LogP contribution is -2.19. The first-order chi connectivity index (χ1) is 9.04. The molecule has 1 aromatic rings. The van der Waals surface area contributed by atoms with Gasteiger partial charge in [-0.15, -0.1) is 0 Å². The normalized spacial score (nSPS) is 13.4. The Kier molecular flexibility index (Phi) is 6.38. The molecule has 0 spiro atoms. The lowest BCUT2D eigenvalue weighted by molar-refractivity contribution is -0.109. The summed E-state index contributed by atoms with van der Waals surface area (Å²) in [5, 5.41) is 23.2. The Morgan fingerprint density at radius 3 is 2.89 bits per heavy atom. The summed E-state index contributed by atoms with van der Waals surface area (Å²) >= 11 is 1.11. The van der Waals surface area contributed by atoms with E-state index in [2.05, 4.69) is 10.0 Å². The Hall–Kier alpha value is -1.53. The Balaban J connectivity index is 2.65. The smallest absolute Gasteiger partial charge is 0.185 e. The van der Waals surface area contributed by atoms with Gasteiger partial charge in [0.05, 0.1) is 6.10 Å². The van der Waals surface area contributed by atoms with E-state index < -0.39 is 12.2 Å². The van der Waals surface area contributed by atoms with E-state index in [1.54, 1.807) is 18.2 Å². The van der Waals surface area contributed by atoms with Crippen molar-refractivity contribution in [2.45, 2.75) is 25.6 Å². The molecule has 102 valence electrons. The molecule has 0 aliphatic carbocycles. The Bertz CT molecular complexity index is 489. The van der Waals surface area contributed by atoms with Gasteiger partial charge in [0.2, 0.25) is 0 Å². The Morgan fingerprint density at radius 1 is 1.53 bits per heavy atom. The molecule has 0 aromatic heterocycles. The fourth-order valence-electron chi connectivity index (χ4n) is 1.53. The third kappa shape index (κ3) is 5.32. The topological polar surface area (TPSA) is 106 Å². The largest absolute Gasteiger partial charge is 0.390 e. The number of benzene rings is 1. The van der Waals surface area contributed by atoms with Crippen molar-refractivity contribution >= 4 is 22.6 Å². The van der Waals surface area contributed by atoms with E-state index in [4.69, 9.17) is 5.53 Å². The minimum Gasteiger partial charge on any atom is -0.390 e. The molecule has 0 saturated carbocycles. The van der Waals surface area contributed by atoms with Crippen LogP contribution in [0, 0.1) is 0 Å². The van der Waals surface area contributed by atoms with Gasteiger partial charge in [0, 0.05) is 23.3 Å². The van der Waals surface area contributed by atoms with E-state index in [0.29, 0.717) is 23.4 Å². The van der Waals surface area contributed by atoms with Crippen LogP contribution >= 0.6 is 11.8 Å². The van der Waals surface area contributed by atoms with Crippen LogP contribution in [0.25, 0.3) is 10.4 Å². The Morgan fingerprint density at radius 2 is 2.26 bits per heavy atom. The van der Waals surface area contributed by atoms with Crippen molar-refractivity contribution in [2.24, 2.45) is 5.11 Å². The van der Waals surface area contributed by atoms with E-state index in [0.717, 1.165) is 11.8 Å². The van der Waals surface area contributed by atoms with Gasteiger partial charge in [0.15, 0.2) is 5.12 Å². The molecule has 0 aliphatic heterocycles. The molecule has 0 heterocycles. The fraction of sp³-hybridized carbons (Fsp3) is 0.417. The summed E-state index contributed by atoms with van der Waals surface area (Å²) < 4.78 is 0. The predicted octanol–water partition coefficient (Wildman–Crippen LogP) is 2.69. The predicted molar refractivity (Wildman–Crippen MR) is 74.0 cm³/mol. The molecule has 0 bridgehead atoms. The molecule has 2 unspecified atom stereocenters. The van der Waals surface area contributed by atoms with Crippen molar-refractivity contribution in [3.05, 3.63) is 40.3 Å². The molecular formula is C12H15N3O3S. The third-order valence-electron chi connectivity index (χ3n) is 2.46. The van der Waals surface area contributed by atoms with Gasteiger partial charge in [-0.2, -0.15) is 0 Å². The first kappa shape index (κ1) is 15.5. The second kappa shape index (κ2) is 7.81. The van der Waals surface area contributed by atoms with Gasteiger partial charge in [0.25, 0.3) is 0 Å². The van der Waals surface area contributed by atoms with Crippen LogP contribution in [0.3, 0.4) is 0 Å². The fourth-order valence-corrected chi connectivity index (χ4v) is 2.17. The number of aliphatic hydroxyl groups excluding tert-OH is 2. The number of nitrogens with zero attached hydrogens (tertiary/aromatic N) is 3. The van der Waals surface area contributed by atoms with E-state index in [9.17, 15) is 15.0 Å². The number of hydrogen-bond donors (Lipinski definition) is 2. The van der Waals surface area contributed by atoms with Gasteiger partial charge >= 0.3 is 0 Å². The van der Waals surface area contributed by atoms with Crippen molar-refractivity contribution in [1.82, 2.24) is 0 Å². The summed E-state index contributed by atoms with van der Waals surface area (Å²) in [7, 11) is 0. The summed E-state index contributed by atoms with van der Waals surface area (Å²) in [6.45, 7) is 1.46. The quantitative estimate of drug-likeness (QED) is 0.475. The monoisotopic (exact) mass is 281 g/mol. The second-order valence-electron chi connectivity index (χ2n) is 3.93. The number of aliphatic hydroxyl groups is 2. The second-order valence-corrected chi connectivity index (χ2v) is 5.20. The highest BCUT2D eigenvalue weighted by atomic mass is 32.2. The third-order valence-corrected chi connectivity index (χ3v) is 3.30. The van der Waals surface area contributed by atoms with Crippen LogP contribution in [-0.4, -0.2) is 27.2 Å². The SMILES string of the molecule is CC(=O)SCCC(O)C(O)c1cccc(N=[N+]=[N-])c1. The molecule has 0 amide bonds. The van der Waals surface area contributed by atoms with Gasteiger partial charge in [0.1, 0.15) is 6.10 Å². The molecule has 1 rings (SSSR count).